The van der Waals surface area contributed by atoms with Crippen LogP contribution in [0.2, 0.25) is 0 Å². The maximum Gasteiger partial charge on any atom is 0.179 e. The first-order chi connectivity index (χ1) is 16.7. The molecule has 2 fully saturated rings. The summed E-state index contributed by atoms with van der Waals surface area (Å²) in [4.78, 5) is 6.85. The minimum absolute atomic E-state index is 0.481. The monoisotopic (exact) mass is 460 g/mol. The van der Waals surface area contributed by atoms with Gasteiger partial charge in [0.2, 0.25) is 0 Å². The quantitative estimate of drug-likeness (QED) is 0.346. The fourth-order valence-corrected chi connectivity index (χ4v) is 4.28. The molecule has 3 aromatic heterocycles. The number of nitrogens with two attached hydrogens (primary N) is 1. The second-order valence-corrected chi connectivity index (χ2v) is 8.85. The van der Waals surface area contributed by atoms with Gasteiger partial charge in [-0.2, -0.15) is 4.52 Å². The van der Waals surface area contributed by atoms with Crippen molar-refractivity contribution in [3.05, 3.63) is 43.1 Å². The minimum Gasteiger partial charge on any atom is -0.490 e. The van der Waals surface area contributed by atoms with Gasteiger partial charge in [0.1, 0.15) is 30.8 Å². The molecule has 1 aliphatic heterocycles. The third-order valence-electron chi connectivity index (χ3n) is 6.22. The Morgan fingerprint density at radius 1 is 1.09 bits per heavy atom. The molecule has 176 valence electrons. The van der Waals surface area contributed by atoms with Gasteiger partial charge in [0.15, 0.2) is 11.5 Å². The van der Waals surface area contributed by atoms with Crippen molar-refractivity contribution in [2.75, 3.05) is 42.6 Å². The molecule has 1 aliphatic carbocycles. The van der Waals surface area contributed by atoms with Crippen LogP contribution in [0.25, 0.3) is 11.3 Å². The standard InChI is InChI=1S/C23H28N10O/c24-21-13-25-23-18(28-16-3-4-16)12-22(30-33(21)23)29-17-5-6-20(19(11-17)32-14-26-27-15-32)34-10-9-31-7-1-2-8-31/h5-6,11-16,28H,1-4,7-10,24H2,(H,29,30). The van der Waals surface area contributed by atoms with Crippen LogP contribution in [0.4, 0.5) is 23.0 Å². The Labute approximate surface area is 196 Å². The second kappa shape index (κ2) is 8.82. The summed E-state index contributed by atoms with van der Waals surface area (Å²) in [7, 11) is 0. The first kappa shape index (κ1) is 20.7. The normalized spacial score (nSPS) is 16.2. The van der Waals surface area contributed by atoms with Gasteiger partial charge >= 0.3 is 0 Å². The molecule has 34 heavy (non-hydrogen) atoms. The number of imidazole rings is 1. The average molecular weight is 461 g/mol. The third-order valence-corrected chi connectivity index (χ3v) is 6.22. The van der Waals surface area contributed by atoms with Crippen LogP contribution in [0.3, 0.4) is 0 Å². The molecule has 1 saturated heterocycles. The Bertz CT molecular complexity index is 1270. The molecule has 1 saturated carbocycles. The lowest BCUT2D eigenvalue weighted by molar-refractivity contribution is 0.237. The zero-order chi connectivity index (χ0) is 22.9. The number of nitrogens with zero attached hydrogens (tertiary/aromatic N) is 7. The lowest BCUT2D eigenvalue weighted by Crippen LogP contribution is -2.25. The molecular weight excluding hydrogens is 432 g/mol. The first-order valence-electron chi connectivity index (χ1n) is 11.7. The molecule has 0 radical (unpaired) electrons. The van der Waals surface area contributed by atoms with Crippen molar-refractivity contribution in [2.24, 2.45) is 0 Å². The number of benzene rings is 1. The fraction of sp³-hybridized carbons (Fsp3) is 0.391. The number of nitrogen functional groups attached to an aromatic ring is 1. The summed E-state index contributed by atoms with van der Waals surface area (Å²) in [5.41, 5.74) is 9.45. The van der Waals surface area contributed by atoms with E-state index in [-0.39, 0.29) is 0 Å². The van der Waals surface area contributed by atoms with Crippen molar-refractivity contribution in [2.45, 2.75) is 31.7 Å². The number of anilines is 4. The van der Waals surface area contributed by atoms with Crippen molar-refractivity contribution >= 4 is 28.7 Å². The van der Waals surface area contributed by atoms with Crippen LogP contribution in [0.5, 0.6) is 5.75 Å². The highest BCUT2D eigenvalue weighted by molar-refractivity contribution is 5.75. The Morgan fingerprint density at radius 3 is 2.71 bits per heavy atom. The van der Waals surface area contributed by atoms with Crippen LogP contribution in [0.1, 0.15) is 25.7 Å². The molecule has 11 nitrogen and oxygen atoms in total. The van der Waals surface area contributed by atoms with Gasteiger partial charge in [-0.3, -0.25) is 9.47 Å². The van der Waals surface area contributed by atoms with E-state index in [4.69, 9.17) is 10.5 Å². The maximum absolute atomic E-state index is 6.16. The van der Waals surface area contributed by atoms with Gasteiger partial charge in [0.25, 0.3) is 0 Å². The number of likely N-dealkylation sites (tertiary alicyclic amines) is 1. The first-order valence-corrected chi connectivity index (χ1v) is 11.7. The Balaban J connectivity index is 1.26. The van der Waals surface area contributed by atoms with E-state index in [1.807, 2.05) is 28.8 Å². The van der Waals surface area contributed by atoms with Crippen molar-refractivity contribution in [1.29, 1.82) is 0 Å². The summed E-state index contributed by atoms with van der Waals surface area (Å²) in [6.45, 7) is 3.87. The highest BCUT2D eigenvalue weighted by Crippen LogP contribution is 2.31. The summed E-state index contributed by atoms with van der Waals surface area (Å²) in [5, 5.41) is 19.5. The smallest absolute Gasteiger partial charge is 0.179 e. The predicted octanol–water partition coefficient (Wildman–Crippen LogP) is 2.68. The largest absolute Gasteiger partial charge is 0.490 e. The zero-order valence-electron chi connectivity index (χ0n) is 18.9. The van der Waals surface area contributed by atoms with Gasteiger partial charge in [-0.15, -0.1) is 15.3 Å². The van der Waals surface area contributed by atoms with Gasteiger partial charge in [-0.25, -0.2) is 4.98 Å². The molecular formula is C23H28N10O. The van der Waals surface area contributed by atoms with E-state index in [0.29, 0.717) is 24.3 Å². The van der Waals surface area contributed by atoms with E-state index in [1.165, 1.54) is 12.8 Å². The second-order valence-electron chi connectivity index (χ2n) is 8.85. The zero-order valence-corrected chi connectivity index (χ0v) is 18.9. The summed E-state index contributed by atoms with van der Waals surface area (Å²) in [5.74, 6) is 1.94. The number of hydrogen-bond donors (Lipinski definition) is 3. The lowest BCUT2D eigenvalue weighted by atomic mass is 10.2. The molecule has 0 amide bonds. The summed E-state index contributed by atoms with van der Waals surface area (Å²) in [6.07, 6.45) is 9.83. The Morgan fingerprint density at radius 2 is 1.91 bits per heavy atom. The number of aromatic nitrogens is 6. The summed E-state index contributed by atoms with van der Waals surface area (Å²) in [6, 6.07) is 8.41. The van der Waals surface area contributed by atoms with Gasteiger partial charge in [-0.1, -0.05) is 0 Å². The summed E-state index contributed by atoms with van der Waals surface area (Å²) >= 11 is 0. The van der Waals surface area contributed by atoms with Crippen molar-refractivity contribution in [3.63, 3.8) is 0 Å². The Kier molecular flexibility index (Phi) is 5.38. The lowest BCUT2D eigenvalue weighted by Gasteiger charge is -2.17. The predicted molar refractivity (Wildman–Crippen MR) is 130 cm³/mol. The SMILES string of the molecule is Nc1cnc2c(NC3CC3)cc(Nc3ccc(OCCN4CCCC4)c(-n4cnnc4)c3)nn12. The van der Waals surface area contributed by atoms with Gasteiger partial charge in [0.05, 0.1) is 17.6 Å². The van der Waals surface area contributed by atoms with Crippen LogP contribution in [-0.4, -0.2) is 66.5 Å². The van der Waals surface area contributed by atoms with Crippen LogP contribution in [0.15, 0.2) is 43.1 Å². The van der Waals surface area contributed by atoms with Crippen LogP contribution < -0.4 is 21.1 Å². The molecule has 4 heterocycles. The van der Waals surface area contributed by atoms with E-state index < -0.39 is 0 Å². The molecule has 11 heteroatoms. The average Bonchev–Trinajstić information content (AvgIpc) is 3.24. The van der Waals surface area contributed by atoms with E-state index in [9.17, 15) is 0 Å². The highest BCUT2D eigenvalue weighted by Gasteiger charge is 2.23. The molecule has 4 aromatic rings. The molecule has 0 bridgehead atoms. The molecule has 0 spiro atoms. The number of hydrogen-bond acceptors (Lipinski definition) is 9. The highest BCUT2D eigenvalue weighted by atomic mass is 16.5. The minimum atomic E-state index is 0.481. The molecule has 0 unspecified atom stereocenters. The van der Waals surface area contributed by atoms with Crippen molar-refractivity contribution in [3.8, 4) is 11.4 Å². The van der Waals surface area contributed by atoms with Crippen LogP contribution >= 0.6 is 0 Å². The van der Waals surface area contributed by atoms with E-state index in [0.717, 1.165) is 60.9 Å². The topological polar surface area (TPSA) is 123 Å². The Hall–Kier alpha value is -3.86. The van der Waals surface area contributed by atoms with Gasteiger partial charge in [-0.05, 0) is 57.0 Å². The maximum atomic E-state index is 6.16. The number of nitrogens with one attached hydrogen (secondary N) is 2. The number of ether oxygens (including phenoxy) is 1. The van der Waals surface area contributed by atoms with Crippen molar-refractivity contribution in [1.82, 2.24) is 34.3 Å². The van der Waals surface area contributed by atoms with E-state index in [2.05, 4.69) is 35.8 Å². The third kappa shape index (κ3) is 4.34. The fourth-order valence-electron chi connectivity index (χ4n) is 4.28. The van der Waals surface area contributed by atoms with E-state index in [1.54, 1.807) is 23.4 Å². The summed E-state index contributed by atoms with van der Waals surface area (Å²) < 4.78 is 9.66. The molecule has 1 aromatic carbocycles. The molecule has 0 atom stereocenters. The van der Waals surface area contributed by atoms with Crippen LogP contribution in [-0.2, 0) is 0 Å². The molecule has 6 rings (SSSR count). The van der Waals surface area contributed by atoms with Crippen LogP contribution in [0, 0.1) is 0 Å². The number of fused-ring (bicyclic) bond motifs is 1. The van der Waals surface area contributed by atoms with Gasteiger partial charge < -0.3 is 21.1 Å². The molecule has 2 aliphatic rings. The van der Waals surface area contributed by atoms with E-state index >= 15 is 0 Å². The molecule has 4 N–H and O–H groups in total. The van der Waals surface area contributed by atoms with Gasteiger partial charge in [0, 0.05) is 24.3 Å². The number of rotatable bonds is 9. The van der Waals surface area contributed by atoms with Crippen molar-refractivity contribution < 1.29 is 4.74 Å².